The zero-order valence-electron chi connectivity index (χ0n) is 8.07. The minimum Gasteiger partial charge on any atom is -0.371 e. The summed E-state index contributed by atoms with van der Waals surface area (Å²) < 4.78 is 7.98. The van der Waals surface area contributed by atoms with Gasteiger partial charge in [-0.1, -0.05) is 15.9 Å². The van der Waals surface area contributed by atoms with Gasteiger partial charge in [-0.3, -0.25) is 0 Å². The van der Waals surface area contributed by atoms with Gasteiger partial charge in [-0.25, -0.2) is 4.98 Å². The van der Waals surface area contributed by atoms with Crippen LogP contribution in [0.2, 0.25) is 0 Å². The maximum Gasteiger partial charge on any atom is 0.123 e. The van der Waals surface area contributed by atoms with E-state index in [9.17, 15) is 0 Å². The van der Waals surface area contributed by atoms with E-state index in [1.54, 1.807) is 11.3 Å². The molecule has 0 N–H and O–H groups in total. The number of halogens is 1. The summed E-state index contributed by atoms with van der Waals surface area (Å²) in [5, 5.41) is 1.13. The van der Waals surface area contributed by atoms with Gasteiger partial charge in [-0.15, -0.1) is 11.3 Å². The largest absolute Gasteiger partial charge is 0.371 e. The smallest absolute Gasteiger partial charge is 0.123 e. The average Bonchev–Trinajstić information content (AvgIpc) is 2.84. The third kappa shape index (κ3) is 1.82. The van der Waals surface area contributed by atoms with E-state index < -0.39 is 0 Å². The summed E-state index contributed by atoms with van der Waals surface area (Å²) in [7, 11) is 0. The van der Waals surface area contributed by atoms with Crippen LogP contribution in [0.25, 0.3) is 10.2 Å². The van der Waals surface area contributed by atoms with Crippen LogP contribution in [0.4, 0.5) is 0 Å². The quantitative estimate of drug-likeness (QED) is 0.792. The van der Waals surface area contributed by atoms with Crippen LogP contribution in [0, 0.1) is 0 Å². The highest BCUT2D eigenvalue weighted by atomic mass is 79.9. The molecule has 0 aliphatic carbocycles. The van der Waals surface area contributed by atoms with Gasteiger partial charge in [0, 0.05) is 11.1 Å². The molecule has 1 aliphatic rings. The van der Waals surface area contributed by atoms with E-state index in [4.69, 9.17) is 4.74 Å². The number of nitrogens with zero attached hydrogens (tertiary/aromatic N) is 1. The summed E-state index contributed by atoms with van der Waals surface area (Å²) in [6.07, 6.45) is 2.51. The lowest BCUT2D eigenvalue weighted by Crippen LogP contribution is -1.93. The summed E-state index contributed by atoms with van der Waals surface area (Å²) in [5.41, 5.74) is 1.08. The van der Waals surface area contributed by atoms with Crippen LogP contribution in [0.5, 0.6) is 0 Å². The van der Waals surface area contributed by atoms with Gasteiger partial charge >= 0.3 is 0 Å². The number of hydrogen-bond donors (Lipinski definition) is 0. The molecule has 1 aromatic heterocycles. The molecule has 15 heavy (non-hydrogen) atoms. The molecule has 0 bridgehead atoms. The first kappa shape index (κ1) is 9.75. The molecule has 1 saturated heterocycles. The van der Waals surface area contributed by atoms with Crippen LogP contribution >= 0.6 is 27.3 Å². The fraction of sp³-hybridized carbons (Fsp3) is 0.364. The Morgan fingerprint density at radius 1 is 1.47 bits per heavy atom. The van der Waals surface area contributed by atoms with Crippen LogP contribution in [0.3, 0.4) is 0 Å². The number of ether oxygens (including phenoxy) is 1. The first-order valence-electron chi connectivity index (χ1n) is 5.00. The summed E-state index contributed by atoms with van der Waals surface area (Å²) in [6.45, 7) is 0.879. The number of aromatic nitrogens is 1. The Morgan fingerprint density at radius 3 is 3.20 bits per heavy atom. The standard InChI is InChI=1S/C11H10BrNOS/c12-7-3-4-8-10(6-7)15-11(13-8)9-2-1-5-14-9/h3-4,6,9H,1-2,5H2. The Balaban J connectivity index is 2.05. The second kappa shape index (κ2) is 3.85. The molecule has 1 fully saturated rings. The van der Waals surface area contributed by atoms with Gasteiger partial charge in [0.25, 0.3) is 0 Å². The second-order valence-corrected chi connectivity index (χ2v) is 5.64. The average molecular weight is 284 g/mol. The maximum atomic E-state index is 5.63. The summed E-state index contributed by atoms with van der Waals surface area (Å²) in [6, 6.07) is 6.20. The van der Waals surface area contributed by atoms with Crippen molar-refractivity contribution >= 4 is 37.5 Å². The highest BCUT2D eigenvalue weighted by molar-refractivity contribution is 9.10. The van der Waals surface area contributed by atoms with Crippen molar-refractivity contribution in [2.45, 2.75) is 18.9 Å². The summed E-state index contributed by atoms with van der Waals surface area (Å²) in [5.74, 6) is 0. The first-order valence-corrected chi connectivity index (χ1v) is 6.61. The molecule has 2 heterocycles. The molecule has 1 aliphatic heterocycles. The van der Waals surface area contributed by atoms with Crippen molar-refractivity contribution in [1.29, 1.82) is 0 Å². The molecule has 3 rings (SSSR count). The predicted molar refractivity (Wildman–Crippen MR) is 65.2 cm³/mol. The zero-order chi connectivity index (χ0) is 10.3. The molecular weight excluding hydrogens is 274 g/mol. The van der Waals surface area contributed by atoms with E-state index in [1.165, 1.54) is 4.70 Å². The molecule has 0 spiro atoms. The van der Waals surface area contributed by atoms with Crippen LogP contribution in [0.1, 0.15) is 24.0 Å². The van der Waals surface area contributed by atoms with Gasteiger partial charge < -0.3 is 4.74 Å². The van der Waals surface area contributed by atoms with Crippen LogP contribution < -0.4 is 0 Å². The molecule has 4 heteroatoms. The third-order valence-electron chi connectivity index (χ3n) is 2.57. The molecule has 2 aromatic rings. The lowest BCUT2D eigenvalue weighted by atomic mass is 10.2. The van der Waals surface area contributed by atoms with Crippen molar-refractivity contribution in [2.75, 3.05) is 6.61 Å². The Kier molecular flexibility index (Phi) is 2.50. The number of rotatable bonds is 1. The first-order chi connectivity index (χ1) is 7.33. The molecule has 2 nitrogen and oxygen atoms in total. The molecular formula is C11H10BrNOS. The number of thiazole rings is 1. The Bertz CT molecular complexity index is 490. The van der Waals surface area contributed by atoms with Crippen molar-refractivity contribution in [2.24, 2.45) is 0 Å². The highest BCUT2D eigenvalue weighted by Crippen LogP contribution is 2.34. The van der Waals surface area contributed by atoms with E-state index in [1.807, 2.05) is 12.1 Å². The van der Waals surface area contributed by atoms with E-state index in [2.05, 4.69) is 27.0 Å². The van der Waals surface area contributed by atoms with Crippen LogP contribution in [-0.4, -0.2) is 11.6 Å². The number of hydrogen-bond acceptors (Lipinski definition) is 3. The predicted octanol–water partition coefficient (Wildman–Crippen LogP) is 3.91. The van der Waals surface area contributed by atoms with Crippen LogP contribution in [0.15, 0.2) is 22.7 Å². The van der Waals surface area contributed by atoms with Crippen molar-refractivity contribution in [3.63, 3.8) is 0 Å². The Morgan fingerprint density at radius 2 is 2.40 bits per heavy atom. The van der Waals surface area contributed by atoms with E-state index in [0.717, 1.165) is 34.4 Å². The highest BCUT2D eigenvalue weighted by Gasteiger charge is 2.21. The van der Waals surface area contributed by atoms with Crippen molar-refractivity contribution in [3.05, 3.63) is 27.7 Å². The number of fused-ring (bicyclic) bond motifs is 1. The van der Waals surface area contributed by atoms with Gasteiger partial charge in [0.05, 0.1) is 10.2 Å². The fourth-order valence-electron chi connectivity index (χ4n) is 1.83. The van der Waals surface area contributed by atoms with Crippen molar-refractivity contribution in [1.82, 2.24) is 4.98 Å². The van der Waals surface area contributed by atoms with E-state index in [-0.39, 0.29) is 6.10 Å². The fourth-order valence-corrected chi connectivity index (χ4v) is 3.43. The monoisotopic (exact) mass is 283 g/mol. The minimum atomic E-state index is 0.237. The molecule has 0 amide bonds. The van der Waals surface area contributed by atoms with E-state index >= 15 is 0 Å². The third-order valence-corrected chi connectivity index (χ3v) is 4.18. The molecule has 1 unspecified atom stereocenters. The summed E-state index contributed by atoms with van der Waals surface area (Å²) >= 11 is 5.22. The molecule has 0 radical (unpaired) electrons. The SMILES string of the molecule is Brc1ccc2nc(C3CCCO3)sc2c1. The molecule has 1 atom stereocenters. The Labute approximate surface area is 100 Å². The van der Waals surface area contributed by atoms with Crippen LogP contribution in [-0.2, 0) is 4.74 Å². The lowest BCUT2D eigenvalue weighted by Gasteiger charge is -2.02. The molecule has 1 aromatic carbocycles. The molecule has 0 saturated carbocycles. The number of benzene rings is 1. The van der Waals surface area contributed by atoms with Gasteiger partial charge in [0.15, 0.2) is 0 Å². The second-order valence-electron chi connectivity index (χ2n) is 3.67. The van der Waals surface area contributed by atoms with Gasteiger partial charge in [0.1, 0.15) is 11.1 Å². The minimum absolute atomic E-state index is 0.237. The van der Waals surface area contributed by atoms with E-state index in [0.29, 0.717) is 0 Å². The molecule has 78 valence electrons. The zero-order valence-corrected chi connectivity index (χ0v) is 10.5. The summed E-state index contributed by atoms with van der Waals surface area (Å²) in [4.78, 5) is 4.61. The van der Waals surface area contributed by atoms with Gasteiger partial charge in [0.2, 0.25) is 0 Å². The van der Waals surface area contributed by atoms with Crippen molar-refractivity contribution < 1.29 is 4.74 Å². The topological polar surface area (TPSA) is 22.1 Å². The van der Waals surface area contributed by atoms with Gasteiger partial charge in [-0.05, 0) is 31.0 Å². The van der Waals surface area contributed by atoms with Gasteiger partial charge in [-0.2, -0.15) is 0 Å². The van der Waals surface area contributed by atoms with Crippen molar-refractivity contribution in [3.8, 4) is 0 Å². The Hall–Kier alpha value is -0.450. The maximum absolute atomic E-state index is 5.63. The lowest BCUT2D eigenvalue weighted by molar-refractivity contribution is 0.112. The normalized spacial score (nSPS) is 21.3.